The fraction of sp³-hybridized carbons (Fsp3) is 0.412. The fourth-order valence-electron chi connectivity index (χ4n) is 3.11. The van der Waals surface area contributed by atoms with Gasteiger partial charge in [-0.3, -0.25) is 9.78 Å². The minimum absolute atomic E-state index is 0.00325. The van der Waals surface area contributed by atoms with E-state index in [9.17, 15) is 4.79 Å². The van der Waals surface area contributed by atoms with E-state index in [1.54, 1.807) is 24.5 Å². The highest BCUT2D eigenvalue weighted by atomic mass is 16.2. The van der Waals surface area contributed by atoms with E-state index < -0.39 is 5.54 Å². The molecule has 0 bridgehead atoms. The van der Waals surface area contributed by atoms with Gasteiger partial charge in [0.25, 0.3) is 5.91 Å². The van der Waals surface area contributed by atoms with Gasteiger partial charge in [-0.25, -0.2) is 9.97 Å². The van der Waals surface area contributed by atoms with E-state index in [2.05, 4.69) is 20.3 Å². The Morgan fingerprint density at radius 3 is 2.74 bits per heavy atom. The second kappa shape index (κ2) is 5.95. The first kappa shape index (κ1) is 15.4. The van der Waals surface area contributed by atoms with Crippen molar-refractivity contribution >= 4 is 11.7 Å². The third kappa shape index (κ3) is 2.76. The van der Waals surface area contributed by atoms with Crippen LogP contribution in [0, 0.1) is 6.92 Å². The van der Waals surface area contributed by atoms with Gasteiger partial charge < -0.3 is 10.2 Å². The molecule has 1 fully saturated rings. The number of carbonyl (C=O) groups is 1. The minimum Gasteiger partial charge on any atom is -0.373 e. The zero-order valence-corrected chi connectivity index (χ0v) is 13.7. The molecule has 2 aromatic rings. The van der Waals surface area contributed by atoms with Gasteiger partial charge in [0.15, 0.2) is 5.82 Å². The quantitative estimate of drug-likeness (QED) is 0.942. The van der Waals surface area contributed by atoms with Crippen LogP contribution in [0.2, 0.25) is 0 Å². The fourth-order valence-corrected chi connectivity index (χ4v) is 3.11. The average molecular weight is 311 g/mol. The molecule has 0 saturated carbocycles. The third-order valence-electron chi connectivity index (χ3n) is 4.41. The number of hydrogen-bond donors (Lipinski definition) is 1. The summed E-state index contributed by atoms with van der Waals surface area (Å²) in [6, 6.07) is 5.39. The standard InChI is InChI=1S/C17H21N5O/c1-12-11-14(18-3)21-16(20-12)17(2)7-4-10-22(17)15(23)13-5-8-19-9-6-13/h5-6,8-9,11H,4,7,10H2,1-3H3,(H,18,20,21). The van der Waals surface area contributed by atoms with Crippen LogP contribution in [0.4, 0.5) is 5.82 Å². The van der Waals surface area contributed by atoms with Crippen LogP contribution in [-0.2, 0) is 5.54 Å². The van der Waals surface area contributed by atoms with Crippen LogP contribution in [0.25, 0.3) is 0 Å². The largest absolute Gasteiger partial charge is 0.373 e. The summed E-state index contributed by atoms with van der Waals surface area (Å²) in [6.07, 6.45) is 5.09. The van der Waals surface area contributed by atoms with Crippen LogP contribution in [0.3, 0.4) is 0 Å². The zero-order chi connectivity index (χ0) is 16.4. The lowest BCUT2D eigenvalue weighted by molar-refractivity contribution is 0.0603. The van der Waals surface area contributed by atoms with E-state index in [1.807, 2.05) is 31.9 Å². The molecule has 2 aromatic heterocycles. The molecule has 1 aliphatic rings. The molecular formula is C17H21N5O. The molecule has 3 heterocycles. The molecular weight excluding hydrogens is 290 g/mol. The van der Waals surface area contributed by atoms with E-state index in [0.717, 1.165) is 24.4 Å². The van der Waals surface area contributed by atoms with Crippen LogP contribution in [0.1, 0.15) is 41.6 Å². The first-order valence-electron chi connectivity index (χ1n) is 7.80. The average Bonchev–Trinajstić information content (AvgIpc) is 2.97. The predicted molar refractivity (Wildman–Crippen MR) is 88.2 cm³/mol. The summed E-state index contributed by atoms with van der Waals surface area (Å²) < 4.78 is 0. The van der Waals surface area contributed by atoms with Crippen molar-refractivity contribution in [3.8, 4) is 0 Å². The summed E-state index contributed by atoms with van der Waals surface area (Å²) in [5, 5.41) is 3.06. The van der Waals surface area contributed by atoms with Gasteiger partial charge in [-0.05, 0) is 38.8 Å². The molecule has 3 rings (SSSR count). The van der Waals surface area contributed by atoms with Crippen molar-refractivity contribution in [3.05, 3.63) is 47.7 Å². The smallest absolute Gasteiger partial charge is 0.254 e. The van der Waals surface area contributed by atoms with Gasteiger partial charge in [0.2, 0.25) is 0 Å². The van der Waals surface area contributed by atoms with Gasteiger partial charge in [0.05, 0.1) is 0 Å². The molecule has 1 atom stereocenters. The van der Waals surface area contributed by atoms with E-state index >= 15 is 0 Å². The lowest BCUT2D eigenvalue weighted by Gasteiger charge is -2.34. The Balaban J connectivity index is 2.00. The van der Waals surface area contributed by atoms with Crippen molar-refractivity contribution in [2.24, 2.45) is 0 Å². The van der Waals surface area contributed by atoms with Crippen molar-refractivity contribution in [2.75, 3.05) is 18.9 Å². The number of aryl methyl sites for hydroxylation is 1. The Labute approximate surface area is 136 Å². The van der Waals surface area contributed by atoms with Gasteiger partial charge in [-0.15, -0.1) is 0 Å². The van der Waals surface area contributed by atoms with E-state index in [1.165, 1.54) is 0 Å². The normalized spacial score (nSPS) is 20.6. The first-order chi connectivity index (χ1) is 11.0. The topological polar surface area (TPSA) is 71.0 Å². The van der Waals surface area contributed by atoms with Crippen LogP contribution < -0.4 is 5.32 Å². The van der Waals surface area contributed by atoms with Gasteiger partial charge in [-0.1, -0.05) is 0 Å². The molecule has 1 unspecified atom stereocenters. The highest BCUT2D eigenvalue weighted by molar-refractivity contribution is 5.94. The highest BCUT2D eigenvalue weighted by Gasteiger charge is 2.43. The maximum atomic E-state index is 12.9. The van der Waals surface area contributed by atoms with Gasteiger partial charge >= 0.3 is 0 Å². The van der Waals surface area contributed by atoms with Crippen LogP contribution >= 0.6 is 0 Å². The molecule has 120 valence electrons. The number of nitrogens with one attached hydrogen (secondary N) is 1. The maximum absolute atomic E-state index is 12.9. The van der Waals surface area contributed by atoms with Gasteiger partial charge in [0, 0.05) is 43.3 Å². The molecule has 1 aliphatic heterocycles. The number of nitrogens with zero attached hydrogens (tertiary/aromatic N) is 4. The summed E-state index contributed by atoms with van der Waals surface area (Å²) >= 11 is 0. The molecule has 6 heteroatoms. The Morgan fingerprint density at radius 1 is 1.30 bits per heavy atom. The van der Waals surface area contributed by atoms with Crippen molar-refractivity contribution in [2.45, 2.75) is 32.2 Å². The van der Waals surface area contributed by atoms with Crippen LogP contribution in [0.5, 0.6) is 0 Å². The molecule has 0 spiro atoms. The molecule has 1 N–H and O–H groups in total. The highest BCUT2D eigenvalue weighted by Crippen LogP contribution is 2.38. The van der Waals surface area contributed by atoms with Crippen LogP contribution in [0.15, 0.2) is 30.6 Å². The second-order valence-electron chi connectivity index (χ2n) is 6.04. The number of carbonyl (C=O) groups excluding carboxylic acids is 1. The second-order valence-corrected chi connectivity index (χ2v) is 6.04. The lowest BCUT2D eigenvalue weighted by atomic mass is 9.96. The SMILES string of the molecule is CNc1cc(C)nc(C2(C)CCCN2C(=O)c2ccncc2)n1. The van der Waals surface area contributed by atoms with E-state index in [-0.39, 0.29) is 5.91 Å². The Bertz CT molecular complexity index is 718. The summed E-state index contributed by atoms with van der Waals surface area (Å²) in [6.45, 7) is 4.70. The molecule has 0 radical (unpaired) electrons. The molecule has 6 nitrogen and oxygen atoms in total. The predicted octanol–water partition coefficient (Wildman–Crippen LogP) is 2.37. The monoisotopic (exact) mass is 311 g/mol. The summed E-state index contributed by atoms with van der Waals surface area (Å²) in [5.74, 6) is 1.47. The number of rotatable bonds is 3. The number of pyridine rings is 1. The maximum Gasteiger partial charge on any atom is 0.254 e. The summed E-state index contributed by atoms with van der Waals surface area (Å²) in [7, 11) is 1.84. The van der Waals surface area contributed by atoms with Gasteiger partial charge in [-0.2, -0.15) is 0 Å². The van der Waals surface area contributed by atoms with E-state index in [4.69, 9.17) is 0 Å². The Hall–Kier alpha value is -2.50. The number of amides is 1. The summed E-state index contributed by atoms with van der Waals surface area (Å²) in [5.41, 5.74) is 1.05. The Morgan fingerprint density at radius 2 is 2.04 bits per heavy atom. The number of likely N-dealkylation sites (tertiary alicyclic amines) is 1. The third-order valence-corrected chi connectivity index (χ3v) is 4.41. The first-order valence-corrected chi connectivity index (χ1v) is 7.80. The summed E-state index contributed by atoms with van der Waals surface area (Å²) in [4.78, 5) is 28.0. The molecule has 0 aliphatic carbocycles. The van der Waals surface area contributed by atoms with Crippen molar-refractivity contribution in [1.82, 2.24) is 19.9 Å². The number of aromatic nitrogens is 3. The van der Waals surface area contributed by atoms with Gasteiger partial charge in [0.1, 0.15) is 11.4 Å². The van der Waals surface area contributed by atoms with E-state index in [0.29, 0.717) is 17.9 Å². The minimum atomic E-state index is -0.488. The number of anilines is 1. The zero-order valence-electron chi connectivity index (χ0n) is 13.7. The number of hydrogen-bond acceptors (Lipinski definition) is 5. The van der Waals surface area contributed by atoms with Crippen molar-refractivity contribution in [3.63, 3.8) is 0 Å². The van der Waals surface area contributed by atoms with Crippen LogP contribution in [-0.4, -0.2) is 39.4 Å². The Kier molecular flexibility index (Phi) is 3.98. The van der Waals surface area contributed by atoms with Crippen molar-refractivity contribution < 1.29 is 4.79 Å². The van der Waals surface area contributed by atoms with Crippen molar-refractivity contribution in [1.29, 1.82) is 0 Å². The molecule has 23 heavy (non-hydrogen) atoms. The molecule has 1 amide bonds. The molecule has 0 aromatic carbocycles. The molecule has 1 saturated heterocycles. The lowest BCUT2D eigenvalue weighted by Crippen LogP contribution is -2.44.